The van der Waals surface area contributed by atoms with Crippen molar-refractivity contribution in [3.05, 3.63) is 0 Å². The van der Waals surface area contributed by atoms with Crippen molar-refractivity contribution < 1.29 is 18.3 Å². The minimum atomic E-state index is -3.42. The summed E-state index contributed by atoms with van der Waals surface area (Å²) < 4.78 is 33.1. The Kier molecular flexibility index (Phi) is 7.23. The Hall–Kier alpha value is -0.210. The second-order valence-electron chi connectivity index (χ2n) is 4.75. The summed E-state index contributed by atoms with van der Waals surface area (Å²) >= 11 is 0. The second-order valence-corrected chi connectivity index (χ2v) is 6.67. The first-order chi connectivity index (χ1) is 9.06. The minimum absolute atomic E-state index is 0.0527. The molecule has 0 bridgehead atoms. The number of likely N-dealkylation sites (N-methyl/N-ethyl adjacent to an activating group) is 1. The van der Waals surface area contributed by atoms with E-state index < -0.39 is 10.2 Å². The van der Waals surface area contributed by atoms with Gasteiger partial charge in [-0.15, -0.1) is 0 Å². The second kappa shape index (κ2) is 8.16. The quantitative estimate of drug-likeness (QED) is 0.653. The van der Waals surface area contributed by atoms with Gasteiger partial charge < -0.3 is 9.84 Å². The zero-order valence-electron chi connectivity index (χ0n) is 11.9. The number of aliphatic hydroxyl groups is 1. The molecule has 1 aliphatic rings. The zero-order valence-corrected chi connectivity index (χ0v) is 12.7. The van der Waals surface area contributed by atoms with E-state index in [4.69, 9.17) is 4.74 Å². The summed E-state index contributed by atoms with van der Waals surface area (Å²) in [5, 5.41) is 9.19. The van der Waals surface area contributed by atoms with Crippen LogP contribution >= 0.6 is 0 Å². The van der Waals surface area contributed by atoms with Crippen molar-refractivity contribution in [3.8, 4) is 0 Å². The Morgan fingerprint density at radius 3 is 2.74 bits per heavy atom. The van der Waals surface area contributed by atoms with Crippen molar-refractivity contribution in [2.24, 2.45) is 5.92 Å². The standard InChI is InChI=1S/C12H26N2O4S/c1-3-13(8-9-18-4-2)19(16,17)14-7-5-6-12(10-14)11-15/h12,15H,3-11H2,1-2H3. The molecule has 1 fully saturated rings. The number of hydrogen-bond donors (Lipinski definition) is 1. The highest BCUT2D eigenvalue weighted by Gasteiger charge is 2.32. The maximum atomic E-state index is 12.5. The first-order valence-corrected chi connectivity index (χ1v) is 8.39. The van der Waals surface area contributed by atoms with Crippen molar-refractivity contribution >= 4 is 10.2 Å². The Labute approximate surface area is 116 Å². The van der Waals surface area contributed by atoms with Crippen LogP contribution in [0.2, 0.25) is 0 Å². The predicted octanol–water partition coefficient (Wildman–Crippen LogP) is 0.294. The van der Waals surface area contributed by atoms with Gasteiger partial charge in [-0.2, -0.15) is 17.0 Å². The number of piperidine rings is 1. The van der Waals surface area contributed by atoms with E-state index in [2.05, 4.69) is 0 Å². The van der Waals surface area contributed by atoms with E-state index in [1.54, 1.807) is 0 Å². The maximum absolute atomic E-state index is 12.5. The molecule has 1 atom stereocenters. The van der Waals surface area contributed by atoms with Crippen LogP contribution in [0.25, 0.3) is 0 Å². The zero-order chi connectivity index (χ0) is 14.3. The molecule has 1 aliphatic heterocycles. The molecule has 0 aromatic rings. The molecular weight excluding hydrogens is 268 g/mol. The molecule has 6 nitrogen and oxygen atoms in total. The molecule has 0 aromatic carbocycles. The van der Waals surface area contributed by atoms with Crippen LogP contribution in [0.4, 0.5) is 0 Å². The average molecular weight is 294 g/mol. The third-order valence-corrected chi connectivity index (χ3v) is 5.51. The van der Waals surface area contributed by atoms with Crippen LogP contribution in [0.15, 0.2) is 0 Å². The van der Waals surface area contributed by atoms with E-state index in [0.29, 0.717) is 39.4 Å². The van der Waals surface area contributed by atoms with E-state index in [-0.39, 0.29) is 12.5 Å². The Morgan fingerprint density at radius 2 is 2.16 bits per heavy atom. The first kappa shape index (κ1) is 16.8. The lowest BCUT2D eigenvalue weighted by atomic mass is 10.0. The molecule has 1 saturated heterocycles. The lowest BCUT2D eigenvalue weighted by Gasteiger charge is -2.34. The summed E-state index contributed by atoms with van der Waals surface area (Å²) in [6.45, 7) is 6.57. The van der Waals surface area contributed by atoms with Crippen LogP contribution in [0.3, 0.4) is 0 Å². The fourth-order valence-corrected chi connectivity index (χ4v) is 4.01. The molecule has 1 heterocycles. The third-order valence-electron chi connectivity index (χ3n) is 3.43. The van der Waals surface area contributed by atoms with Crippen LogP contribution in [0.5, 0.6) is 0 Å². The number of ether oxygens (including phenoxy) is 1. The highest BCUT2D eigenvalue weighted by Crippen LogP contribution is 2.20. The van der Waals surface area contributed by atoms with Crippen molar-refractivity contribution in [2.75, 3.05) is 46.0 Å². The van der Waals surface area contributed by atoms with Crippen LogP contribution in [-0.4, -0.2) is 68.1 Å². The van der Waals surface area contributed by atoms with E-state index in [9.17, 15) is 13.5 Å². The van der Waals surface area contributed by atoms with E-state index >= 15 is 0 Å². The van der Waals surface area contributed by atoms with E-state index in [1.165, 1.54) is 8.61 Å². The fourth-order valence-electron chi connectivity index (χ4n) is 2.30. The molecule has 114 valence electrons. The average Bonchev–Trinajstić information content (AvgIpc) is 2.43. The molecule has 1 rings (SSSR count). The van der Waals surface area contributed by atoms with Gasteiger partial charge in [0.1, 0.15) is 0 Å². The Balaban J connectivity index is 2.65. The molecule has 19 heavy (non-hydrogen) atoms. The lowest BCUT2D eigenvalue weighted by molar-refractivity contribution is 0.130. The molecule has 0 amide bonds. The van der Waals surface area contributed by atoms with Crippen LogP contribution in [0, 0.1) is 5.92 Å². The summed E-state index contributed by atoms with van der Waals surface area (Å²) in [5.41, 5.74) is 0. The van der Waals surface area contributed by atoms with Crippen molar-refractivity contribution in [1.29, 1.82) is 0 Å². The maximum Gasteiger partial charge on any atom is 0.282 e. The smallest absolute Gasteiger partial charge is 0.282 e. The van der Waals surface area contributed by atoms with Crippen molar-refractivity contribution in [1.82, 2.24) is 8.61 Å². The lowest BCUT2D eigenvalue weighted by Crippen LogP contribution is -2.49. The van der Waals surface area contributed by atoms with Gasteiger partial charge in [0.25, 0.3) is 10.2 Å². The van der Waals surface area contributed by atoms with E-state index in [1.807, 2.05) is 13.8 Å². The van der Waals surface area contributed by atoms with Crippen LogP contribution < -0.4 is 0 Å². The minimum Gasteiger partial charge on any atom is -0.396 e. The van der Waals surface area contributed by atoms with Crippen LogP contribution in [0.1, 0.15) is 26.7 Å². The summed E-state index contributed by atoms with van der Waals surface area (Å²) in [4.78, 5) is 0. The largest absolute Gasteiger partial charge is 0.396 e. The van der Waals surface area contributed by atoms with Gasteiger partial charge in [0.05, 0.1) is 6.61 Å². The highest BCUT2D eigenvalue weighted by atomic mass is 32.2. The van der Waals surface area contributed by atoms with Gasteiger partial charge in [-0.3, -0.25) is 0 Å². The molecule has 7 heteroatoms. The molecule has 0 aromatic heterocycles. The fraction of sp³-hybridized carbons (Fsp3) is 1.00. The molecule has 1 N–H and O–H groups in total. The Bertz CT molecular complexity index is 348. The number of nitrogens with zero attached hydrogens (tertiary/aromatic N) is 2. The summed E-state index contributed by atoms with van der Waals surface area (Å²) in [6.07, 6.45) is 1.71. The first-order valence-electron chi connectivity index (χ1n) is 7.00. The van der Waals surface area contributed by atoms with E-state index in [0.717, 1.165) is 12.8 Å². The third kappa shape index (κ3) is 4.68. The monoisotopic (exact) mass is 294 g/mol. The van der Waals surface area contributed by atoms with Gasteiger partial charge in [-0.1, -0.05) is 6.92 Å². The molecule has 0 radical (unpaired) electrons. The molecule has 0 aliphatic carbocycles. The summed E-state index contributed by atoms with van der Waals surface area (Å²) in [7, 11) is -3.42. The van der Waals surface area contributed by atoms with Gasteiger partial charge >= 0.3 is 0 Å². The van der Waals surface area contributed by atoms with Gasteiger partial charge in [-0.05, 0) is 25.7 Å². The highest BCUT2D eigenvalue weighted by molar-refractivity contribution is 7.86. The summed E-state index contributed by atoms with van der Waals surface area (Å²) in [6, 6.07) is 0. The number of hydrogen-bond acceptors (Lipinski definition) is 4. The predicted molar refractivity (Wildman–Crippen MR) is 74.0 cm³/mol. The normalized spacial score (nSPS) is 22.0. The molecule has 0 saturated carbocycles. The van der Waals surface area contributed by atoms with Gasteiger partial charge in [-0.25, -0.2) is 0 Å². The molecular formula is C12H26N2O4S. The molecule has 0 spiro atoms. The van der Waals surface area contributed by atoms with Gasteiger partial charge in [0.15, 0.2) is 0 Å². The Morgan fingerprint density at radius 1 is 1.42 bits per heavy atom. The number of aliphatic hydroxyl groups excluding tert-OH is 1. The molecule has 1 unspecified atom stereocenters. The van der Waals surface area contributed by atoms with Crippen LogP contribution in [-0.2, 0) is 14.9 Å². The number of rotatable bonds is 8. The van der Waals surface area contributed by atoms with Crippen molar-refractivity contribution in [2.45, 2.75) is 26.7 Å². The topological polar surface area (TPSA) is 70.1 Å². The van der Waals surface area contributed by atoms with Gasteiger partial charge in [0.2, 0.25) is 0 Å². The van der Waals surface area contributed by atoms with Crippen molar-refractivity contribution in [3.63, 3.8) is 0 Å². The SMILES string of the molecule is CCOCCN(CC)S(=O)(=O)N1CCCC(CO)C1. The summed E-state index contributed by atoms with van der Waals surface area (Å²) in [5.74, 6) is 0.0640. The van der Waals surface area contributed by atoms with Gasteiger partial charge in [0, 0.05) is 39.4 Å².